The number of nitrogens with one attached hydrogen (secondary N) is 1. The lowest BCUT2D eigenvalue weighted by Gasteiger charge is -2.22. The van der Waals surface area contributed by atoms with E-state index in [1.54, 1.807) is 14.1 Å². The molecule has 0 aromatic heterocycles. The highest BCUT2D eigenvalue weighted by atomic mass is 32.2. The van der Waals surface area contributed by atoms with E-state index in [2.05, 4.69) is 5.32 Å². The zero-order chi connectivity index (χ0) is 20.2. The molecule has 2 rings (SSSR count). The Morgan fingerprint density at radius 3 is 2.04 bits per heavy atom. The lowest BCUT2D eigenvalue weighted by Crippen LogP contribution is -2.37. The summed E-state index contributed by atoms with van der Waals surface area (Å²) in [7, 11) is -0.524. The Bertz CT molecular complexity index is 926. The van der Waals surface area contributed by atoms with Gasteiger partial charge in [-0.25, -0.2) is 12.8 Å². The van der Waals surface area contributed by atoms with Gasteiger partial charge in [0.2, 0.25) is 15.9 Å². The Morgan fingerprint density at radius 1 is 1.00 bits per heavy atom. The summed E-state index contributed by atoms with van der Waals surface area (Å²) < 4.78 is 38.1. The minimum Gasteiger partial charge on any atom is -0.345 e. The number of carbonyl (C=O) groups excluding carboxylic acids is 2. The lowest BCUT2D eigenvalue weighted by molar-refractivity contribution is -0.114. The number of carbonyl (C=O) groups is 2. The molecule has 0 aliphatic rings. The molecule has 9 heteroatoms. The zero-order valence-corrected chi connectivity index (χ0v) is 16.0. The maximum atomic E-state index is 12.9. The molecule has 0 atom stereocenters. The van der Waals surface area contributed by atoms with E-state index in [0.717, 1.165) is 10.6 Å². The van der Waals surface area contributed by atoms with Gasteiger partial charge < -0.3 is 10.2 Å². The Kier molecular flexibility index (Phi) is 6.17. The first-order valence-corrected chi connectivity index (χ1v) is 9.77. The molecule has 144 valence electrons. The van der Waals surface area contributed by atoms with Gasteiger partial charge in [-0.2, -0.15) is 0 Å². The van der Waals surface area contributed by atoms with Crippen LogP contribution in [0.4, 0.5) is 15.8 Å². The summed E-state index contributed by atoms with van der Waals surface area (Å²) in [6.45, 7) is -0.461. The second-order valence-corrected chi connectivity index (χ2v) is 7.98. The minimum atomic E-state index is -3.74. The SMILES string of the molecule is CN(C)C(=O)c1ccc(N(CC(=O)Nc2ccc(F)cc2)S(C)(=O)=O)cc1. The summed E-state index contributed by atoms with van der Waals surface area (Å²) in [6.07, 6.45) is 0.983. The van der Waals surface area contributed by atoms with Gasteiger partial charge in [0.15, 0.2) is 0 Å². The van der Waals surface area contributed by atoms with E-state index in [1.165, 1.54) is 53.4 Å². The summed E-state index contributed by atoms with van der Waals surface area (Å²) in [5.74, 6) is -1.25. The molecule has 0 aliphatic carbocycles. The van der Waals surface area contributed by atoms with Crippen LogP contribution in [0, 0.1) is 5.82 Å². The van der Waals surface area contributed by atoms with E-state index in [4.69, 9.17) is 0 Å². The third kappa shape index (κ3) is 5.52. The second kappa shape index (κ2) is 8.17. The van der Waals surface area contributed by atoms with Crippen LogP contribution in [0.1, 0.15) is 10.4 Å². The highest BCUT2D eigenvalue weighted by Gasteiger charge is 2.21. The molecule has 27 heavy (non-hydrogen) atoms. The highest BCUT2D eigenvalue weighted by Crippen LogP contribution is 2.19. The molecular formula is C18H20FN3O4S. The number of sulfonamides is 1. The number of anilines is 2. The number of halogens is 1. The van der Waals surface area contributed by atoms with Gasteiger partial charge >= 0.3 is 0 Å². The van der Waals surface area contributed by atoms with Crippen LogP contribution in [0.5, 0.6) is 0 Å². The number of nitrogens with zero attached hydrogens (tertiary/aromatic N) is 2. The van der Waals surface area contributed by atoms with E-state index in [9.17, 15) is 22.4 Å². The highest BCUT2D eigenvalue weighted by molar-refractivity contribution is 7.92. The topological polar surface area (TPSA) is 86.8 Å². The van der Waals surface area contributed by atoms with Crippen molar-refractivity contribution in [1.29, 1.82) is 0 Å². The third-order valence-electron chi connectivity index (χ3n) is 3.62. The maximum Gasteiger partial charge on any atom is 0.253 e. The molecule has 0 spiro atoms. The van der Waals surface area contributed by atoms with Crippen molar-refractivity contribution in [2.24, 2.45) is 0 Å². The largest absolute Gasteiger partial charge is 0.345 e. The van der Waals surface area contributed by atoms with Crippen molar-refractivity contribution < 1.29 is 22.4 Å². The van der Waals surface area contributed by atoms with E-state index in [-0.39, 0.29) is 11.6 Å². The van der Waals surface area contributed by atoms with Gasteiger partial charge in [-0.1, -0.05) is 0 Å². The van der Waals surface area contributed by atoms with Crippen LogP contribution < -0.4 is 9.62 Å². The summed E-state index contributed by atoms with van der Waals surface area (Å²) >= 11 is 0. The number of amides is 2. The van der Waals surface area contributed by atoms with Gasteiger partial charge in [0, 0.05) is 25.3 Å². The lowest BCUT2D eigenvalue weighted by atomic mass is 10.2. The molecule has 0 saturated carbocycles. The van der Waals surface area contributed by atoms with Crippen LogP contribution in [0.2, 0.25) is 0 Å². The molecule has 0 radical (unpaired) electrons. The summed E-state index contributed by atoms with van der Waals surface area (Å²) in [5, 5.41) is 2.51. The average molecular weight is 393 g/mol. The van der Waals surface area contributed by atoms with E-state index in [1.807, 2.05) is 0 Å². The van der Waals surface area contributed by atoms with Crippen molar-refractivity contribution in [3.05, 3.63) is 59.9 Å². The zero-order valence-electron chi connectivity index (χ0n) is 15.1. The van der Waals surface area contributed by atoms with Gasteiger partial charge in [0.25, 0.3) is 5.91 Å². The van der Waals surface area contributed by atoms with Crippen molar-refractivity contribution in [1.82, 2.24) is 4.90 Å². The predicted molar refractivity (Wildman–Crippen MR) is 102 cm³/mol. The molecule has 7 nitrogen and oxygen atoms in total. The van der Waals surface area contributed by atoms with E-state index in [0.29, 0.717) is 11.3 Å². The molecule has 2 aromatic carbocycles. The number of hydrogen-bond donors (Lipinski definition) is 1. The minimum absolute atomic E-state index is 0.221. The average Bonchev–Trinajstić information content (AvgIpc) is 2.60. The molecule has 2 aromatic rings. The van der Waals surface area contributed by atoms with Crippen LogP contribution >= 0.6 is 0 Å². The van der Waals surface area contributed by atoms with Crippen molar-refractivity contribution >= 4 is 33.2 Å². The molecule has 0 bridgehead atoms. The first kappa shape index (κ1) is 20.4. The Balaban J connectivity index is 2.19. The van der Waals surface area contributed by atoms with Gasteiger partial charge in [-0.15, -0.1) is 0 Å². The Hall–Kier alpha value is -2.94. The molecular weight excluding hydrogens is 373 g/mol. The van der Waals surface area contributed by atoms with Gasteiger partial charge in [0.1, 0.15) is 12.4 Å². The molecule has 0 unspecified atom stereocenters. The summed E-state index contributed by atoms with van der Waals surface area (Å²) in [6, 6.07) is 11.0. The molecule has 0 saturated heterocycles. The van der Waals surface area contributed by atoms with Gasteiger partial charge in [-0.3, -0.25) is 13.9 Å². The fourth-order valence-corrected chi connectivity index (χ4v) is 3.15. The first-order valence-electron chi connectivity index (χ1n) is 7.93. The quantitative estimate of drug-likeness (QED) is 0.813. The Morgan fingerprint density at radius 2 is 1.56 bits per heavy atom. The van der Waals surface area contributed by atoms with Crippen LogP contribution in [-0.2, 0) is 14.8 Å². The van der Waals surface area contributed by atoms with Gasteiger partial charge in [-0.05, 0) is 48.5 Å². The number of hydrogen-bond acceptors (Lipinski definition) is 4. The van der Waals surface area contributed by atoms with Crippen LogP contribution in [0.25, 0.3) is 0 Å². The molecule has 0 fully saturated rings. The second-order valence-electron chi connectivity index (χ2n) is 6.07. The fourth-order valence-electron chi connectivity index (χ4n) is 2.29. The fraction of sp³-hybridized carbons (Fsp3) is 0.222. The monoisotopic (exact) mass is 393 g/mol. The van der Waals surface area contributed by atoms with Crippen molar-refractivity contribution in [2.75, 3.05) is 36.5 Å². The van der Waals surface area contributed by atoms with Crippen molar-refractivity contribution in [3.8, 4) is 0 Å². The molecule has 2 amide bonds. The van der Waals surface area contributed by atoms with E-state index < -0.39 is 28.3 Å². The van der Waals surface area contributed by atoms with Crippen LogP contribution in [0.15, 0.2) is 48.5 Å². The smallest absolute Gasteiger partial charge is 0.253 e. The van der Waals surface area contributed by atoms with Crippen molar-refractivity contribution in [2.45, 2.75) is 0 Å². The standard InChI is InChI=1S/C18H20FN3O4S/c1-21(2)18(24)13-4-10-16(11-5-13)22(27(3,25)26)12-17(23)20-15-8-6-14(19)7-9-15/h4-11H,12H2,1-3H3,(H,20,23). The number of rotatable bonds is 6. The van der Waals surface area contributed by atoms with Crippen LogP contribution in [-0.4, -0.2) is 52.0 Å². The summed E-state index contributed by atoms with van der Waals surface area (Å²) in [5.41, 5.74) is 0.997. The molecule has 1 N–H and O–H groups in total. The molecule has 0 aliphatic heterocycles. The van der Waals surface area contributed by atoms with Crippen LogP contribution in [0.3, 0.4) is 0 Å². The summed E-state index contributed by atoms with van der Waals surface area (Å²) in [4.78, 5) is 25.6. The molecule has 0 heterocycles. The third-order valence-corrected chi connectivity index (χ3v) is 4.76. The maximum absolute atomic E-state index is 12.9. The van der Waals surface area contributed by atoms with E-state index >= 15 is 0 Å². The van der Waals surface area contributed by atoms with Gasteiger partial charge in [0.05, 0.1) is 11.9 Å². The normalized spacial score (nSPS) is 11.0. The first-order chi connectivity index (χ1) is 12.6. The van der Waals surface area contributed by atoms with Crippen molar-refractivity contribution in [3.63, 3.8) is 0 Å². The number of benzene rings is 2. The Labute approximate surface area is 157 Å². The predicted octanol–water partition coefficient (Wildman–Crippen LogP) is 1.93.